The van der Waals surface area contributed by atoms with Crippen molar-refractivity contribution in [2.45, 2.75) is 65.8 Å². The molecule has 0 spiro atoms. The largest absolute Gasteiger partial charge is 0.455 e. The first-order valence-electron chi connectivity index (χ1n) is 12.7. The summed E-state index contributed by atoms with van der Waals surface area (Å²) in [6, 6.07) is 15.5. The fourth-order valence-electron chi connectivity index (χ4n) is 3.61. The van der Waals surface area contributed by atoms with Crippen LogP contribution >= 0.6 is 0 Å². The molecule has 2 amide bonds. The third-order valence-electron chi connectivity index (χ3n) is 5.94. The zero-order chi connectivity index (χ0) is 28.1. The van der Waals surface area contributed by atoms with Gasteiger partial charge in [-0.25, -0.2) is 9.59 Å². The molecule has 38 heavy (non-hydrogen) atoms. The smallest absolute Gasteiger partial charge is 0.408 e. The van der Waals surface area contributed by atoms with Gasteiger partial charge in [-0.2, -0.15) is 0 Å². The van der Waals surface area contributed by atoms with Crippen LogP contribution in [0.5, 0.6) is 0 Å². The lowest BCUT2D eigenvalue weighted by atomic mass is 9.95. The van der Waals surface area contributed by atoms with Crippen LogP contribution in [0.2, 0.25) is 0 Å². The predicted octanol–water partition coefficient (Wildman–Crippen LogP) is 3.74. The van der Waals surface area contributed by atoms with Gasteiger partial charge in [-0.1, -0.05) is 94.8 Å². The van der Waals surface area contributed by atoms with Gasteiger partial charge in [-0.15, -0.1) is 0 Å². The summed E-state index contributed by atoms with van der Waals surface area (Å²) in [7, 11) is 0. The van der Waals surface area contributed by atoms with Gasteiger partial charge in [-0.3, -0.25) is 14.4 Å². The Balaban J connectivity index is 2.05. The number of esters is 1. The maximum absolute atomic E-state index is 13.2. The van der Waals surface area contributed by atoms with Crippen molar-refractivity contribution < 1.29 is 33.4 Å². The van der Waals surface area contributed by atoms with Gasteiger partial charge in [0, 0.05) is 0 Å². The Bertz CT molecular complexity index is 1090. The van der Waals surface area contributed by atoms with Crippen molar-refractivity contribution in [3.63, 3.8) is 0 Å². The molecule has 9 nitrogen and oxygen atoms in total. The molecule has 2 aromatic rings. The average Bonchev–Trinajstić information content (AvgIpc) is 2.92. The second kappa shape index (κ2) is 15.3. The molecule has 0 saturated heterocycles. The van der Waals surface area contributed by atoms with Crippen LogP contribution in [0.3, 0.4) is 0 Å². The maximum Gasteiger partial charge on any atom is 0.408 e. The Morgan fingerprint density at radius 3 is 1.79 bits per heavy atom. The molecule has 0 bridgehead atoms. The molecule has 0 aliphatic carbocycles. The average molecular weight is 525 g/mol. The van der Waals surface area contributed by atoms with Gasteiger partial charge in [-0.05, 0) is 29.4 Å². The number of amides is 2. The van der Waals surface area contributed by atoms with E-state index in [9.17, 15) is 24.0 Å². The number of alkyl carbamates (subject to hydrolysis) is 1. The van der Waals surface area contributed by atoms with E-state index in [1.165, 1.54) is 0 Å². The van der Waals surface area contributed by atoms with Crippen LogP contribution in [0.4, 0.5) is 4.79 Å². The van der Waals surface area contributed by atoms with E-state index in [0.29, 0.717) is 12.0 Å². The minimum absolute atomic E-state index is 0.0234. The molecule has 0 fully saturated rings. The van der Waals surface area contributed by atoms with E-state index in [1.807, 2.05) is 39.0 Å². The standard InChI is InChI=1S/C29H36N2O7/c1-5-20(4)24(31-29(36)38-18-22-14-10-7-11-15-22)27(34)30-23(16-19(2)3)25(32)26(33)28(35)37-17-21-12-8-6-9-13-21/h6-15,19-20,23-24H,5,16-18H2,1-4H3,(H,30,34)(H,31,36)/t20-,23-,24-/m0/s1. The maximum atomic E-state index is 13.2. The molecule has 3 atom stereocenters. The van der Waals surface area contributed by atoms with E-state index >= 15 is 0 Å². The first-order valence-corrected chi connectivity index (χ1v) is 12.7. The topological polar surface area (TPSA) is 128 Å². The summed E-state index contributed by atoms with van der Waals surface area (Å²) >= 11 is 0. The highest BCUT2D eigenvalue weighted by atomic mass is 16.5. The van der Waals surface area contributed by atoms with Crippen LogP contribution in [-0.4, -0.2) is 41.6 Å². The molecule has 204 valence electrons. The van der Waals surface area contributed by atoms with Crippen LogP contribution < -0.4 is 10.6 Å². The number of hydrogen-bond donors (Lipinski definition) is 2. The van der Waals surface area contributed by atoms with Crippen LogP contribution in [0.1, 0.15) is 51.7 Å². The summed E-state index contributed by atoms with van der Waals surface area (Å²) in [5.74, 6) is -4.74. The van der Waals surface area contributed by atoms with Gasteiger partial charge < -0.3 is 20.1 Å². The number of ketones is 2. The Morgan fingerprint density at radius 2 is 1.29 bits per heavy atom. The third kappa shape index (κ3) is 9.80. The van der Waals surface area contributed by atoms with Crippen molar-refractivity contribution in [2.75, 3.05) is 0 Å². The zero-order valence-corrected chi connectivity index (χ0v) is 22.3. The summed E-state index contributed by atoms with van der Waals surface area (Å²) in [5.41, 5.74) is 1.45. The summed E-state index contributed by atoms with van der Waals surface area (Å²) in [5, 5.41) is 5.13. The lowest BCUT2D eigenvalue weighted by Crippen LogP contribution is -2.55. The molecule has 2 N–H and O–H groups in total. The van der Waals surface area contributed by atoms with Gasteiger partial charge >= 0.3 is 17.8 Å². The molecule has 2 aromatic carbocycles. The number of carbonyl (C=O) groups excluding carboxylic acids is 5. The number of benzene rings is 2. The normalized spacial score (nSPS) is 13.1. The minimum Gasteiger partial charge on any atom is -0.455 e. The van der Waals surface area contributed by atoms with E-state index in [0.717, 1.165) is 5.56 Å². The van der Waals surface area contributed by atoms with Gasteiger partial charge in [0.15, 0.2) is 0 Å². The van der Waals surface area contributed by atoms with Gasteiger partial charge in [0.2, 0.25) is 11.7 Å². The first-order chi connectivity index (χ1) is 18.1. The Hall–Kier alpha value is -4.01. The molecule has 0 aliphatic heterocycles. The number of hydrogen-bond acceptors (Lipinski definition) is 7. The van der Waals surface area contributed by atoms with Crippen LogP contribution in [0.15, 0.2) is 60.7 Å². The second-order valence-corrected chi connectivity index (χ2v) is 9.52. The van der Waals surface area contributed by atoms with Crippen molar-refractivity contribution in [1.29, 1.82) is 0 Å². The lowest BCUT2D eigenvalue weighted by molar-refractivity contribution is -0.158. The van der Waals surface area contributed by atoms with Crippen molar-refractivity contribution in [1.82, 2.24) is 10.6 Å². The molecule has 0 unspecified atom stereocenters. The molecule has 0 heterocycles. The Morgan fingerprint density at radius 1 is 0.763 bits per heavy atom. The summed E-state index contributed by atoms with van der Waals surface area (Å²) in [4.78, 5) is 63.4. The van der Waals surface area contributed by atoms with E-state index in [-0.39, 0.29) is 31.5 Å². The number of carbonyl (C=O) groups is 5. The zero-order valence-electron chi connectivity index (χ0n) is 22.3. The molecular formula is C29H36N2O7. The molecule has 0 aliphatic rings. The molecule has 0 radical (unpaired) electrons. The minimum atomic E-state index is -1.35. The number of nitrogens with one attached hydrogen (secondary N) is 2. The monoisotopic (exact) mass is 524 g/mol. The highest BCUT2D eigenvalue weighted by Crippen LogP contribution is 2.13. The summed E-state index contributed by atoms with van der Waals surface area (Å²) in [6.45, 7) is 7.12. The summed E-state index contributed by atoms with van der Waals surface area (Å²) < 4.78 is 10.2. The SMILES string of the molecule is CC[C@H](C)[C@H](NC(=O)OCc1ccccc1)C(=O)N[C@@H](CC(C)C)C(=O)C(=O)C(=O)OCc1ccccc1. The van der Waals surface area contributed by atoms with Crippen molar-refractivity contribution >= 4 is 29.5 Å². The highest BCUT2D eigenvalue weighted by Gasteiger charge is 2.35. The van der Waals surface area contributed by atoms with Gasteiger partial charge in [0.05, 0.1) is 6.04 Å². The van der Waals surface area contributed by atoms with Crippen LogP contribution in [0, 0.1) is 11.8 Å². The second-order valence-electron chi connectivity index (χ2n) is 9.52. The van der Waals surface area contributed by atoms with Crippen molar-refractivity contribution in [2.24, 2.45) is 11.8 Å². The van der Waals surface area contributed by atoms with Crippen molar-refractivity contribution in [3.05, 3.63) is 71.8 Å². The molecular weight excluding hydrogens is 488 g/mol. The Kier molecular flexibility index (Phi) is 12.2. The highest BCUT2D eigenvalue weighted by molar-refractivity contribution is 6.63. The first kappa shape index (κ1) is 30.2. The molecule has 0 aromatic heterocycles. The lowest BCUT2D eigenvalue weighted by Gasteiger charge is -2.26. The van der Waals surface area contributed by atoms with Crippen molar-refractivity contribution in [3.8, 4) is 0 Å². The molecule has 0 saturated carbocycles. The fourth-order valence-corrected chi connectivity index (χ4v) is 3.61. The van der Waals surface area contributed by atoms with E-state index in [1.54, 1.807) is 49.4 Å². The number of ether oxygens (including phenoxy) is 2. The number of rotatable bonds is 14. The third-order valence-corrected chi connectivity index (χ3v) is 5.94. The van der Waals surface area contributed by atoms with Gasteiger partial charge in [0.1, 0.15) is 19.3 Å². The van der Waals surface area contributed by atoms with Crippen LogP contribution in [-0.2, 0) is 41.9 Å². The summed E-state index contributed by atoms with van der Waals surface area (Å²) in [6.07, 6.45) is -0.125. The molecule has 9 heteroatoms. The van der Waals surface area contributed by atoms with E-state index in [4.69, 9.17) is 9.47 Å². The quantitative estimate of drug-likeness (QED) is 0.219. The van der Waals surface area contributed by atoms with E-state index < -0.39 is 41.6 Å². The fraction of sp³-hybridized carbons (Fsp3) is 0.414. The van der Waals surface area contributed by atoms with E-state index in [2.05, 4.69) is 10.6 Å². The molecule has 2 rings (SSSR count). The van der Waals surface area contributed by atoms with Crippen LogP contribution in [0.25, 0.3) is 0 Å². The number of Topliss-reactive ketones (excluding diaryl/α,β-unsaturated/α-hetero) is 2. The Labute approximate surface area is 223 Å². The predicted molar refractivity (Wildman–Crippen MR) is 141 cm³/mol. The van der Waals surface area contributed by atoms with Gasteiger partial charge in [0.25, 0.3) is 0 Å².